The van der Waals surface area contributed by atoms with Crippen LogP contribution in [0.25, 0.3) is 11.5 Å². The number of furan rings is 1. The second kappa shape index (κ2) is 7.61. The molecule has 0 aliphatic carbocycles. The van der Waals surface area contributed by atoms with E-state index in [-0.39, 0.29) is 11.1 Å². The fourth-order valence-corrected chi connectivity index (χ4v) is 5.89. The Kier molecular flexibility index (Phi) is 5.21. The van der Waals surface area contributed by atoms with Crippen molar-refractivity contribution in [2.45, 2.75) is 50.2 Å². The molecule has 6 nitrogen and oxygen atoms in total. The summed E-state index contributed by atoms with van der Waals surface area (Å²) in [6, 6.07) is 8.99. The van der Waals surface area contributed by atoms with Gasteiger partial charge in [-0.3, -0.25) is 0 Å². The van der Waals surface area contributed by atoms with Crippen LogP contribution >= 0.6 is 11.3 Å². The normalized spacial score (nSPS) is 18.8. The van der Waals surface area contributed by atoms with Crippen LogP contribution in [0.3, 0.4) is 0 Å². The standard InChI is InChI=1S/C19H22N2O4S2/c1-14-13-18(25-20-14)17-9-10-19(24-17)27(22,23)21-11-3-2-5-15(21)7-8-16-6-4-12-26-16/h4,6,9-10,12-13,15H,2-3,5,7-8,11H2,1H3. The highest BCUT2D eigenvalue weighted by Crippen LogP contribution is 2.31. The molecule has 1 unspecified atom stereocenters. The summed E-state index contributed by atoms with van der Waals surface area (Å²) in [6.07, 6.45) is 4.55. The first-order chi connectivity index (χ1) is 13.0. The lowest BCUT2D eigenvalue weighted by Crippen LogP contribution is -2.43. The highest BCUT2D eigenvalue weighted by Gasteiger charge is 2.35. The van der Waals surface area contributed by atoms with Crippen molar-refractivity contribution in [1.29, 1.82) is 0 Å². The molecule has 27 heavy (non-hydrogen) atoms. The predicted molar refractivity (Wildman–Crippen MR) is 103 cm³/mol. The first-order valence-corrected chi connectivity index (χ1v) is 11.4. The minimum atomic E-state index is -3.67. The summed E-state index contributed by atoms with van der Waals surface area (Å²) in [7, 11) is -3.67. The number of hydrogen-bond acceptors (Lipinski definition) is 6. The van der Waals surface area contributed by atoms with Gasteiger partial charge in [-0.25, -0.2) is 8.42 Å². The molecule has 4 heterocycles. The lowest BCUT2D eigenvalue weighted by atomic mass is 10.0. The summed E-state index contributed by atoms with van der Waals surface area (Å²) < 4.78 is 38.8. The second-order valence-corrected chi connectivity index (χ2v) is 9.69. The van der Waals surface area contributed by atoms with E-state index in [0.717, 1.165) is 37.8 Å². The van der Waals surface area contributed by atoms with E-state index in [2.05, 4.69) is 16.6 Å². The van der Waals surface area contributed by atoms with Crippen LogP contribution < -0.4 is 0 Å². The number of thiophene rings is 1. The van der Waals surface area contributed by atoms with Gasteiger partial charge in [-0.15, -0.1) is 11.3 Å². The molecule has 3 aromatic rings. The number of piperidine rings is 1. The summed E-state index contributed by atoms with van der Waals surface area (Å²) in [5.41, 5.74) is 0.718. The number of hydrogen-bond donors (Lipinski definition) is 0. The van der Waals surface area contributed by atoms with Crippen molar-refractivity contribution >= 4 is 21.4 Å². The third-order valence-corrected chi connectivity index (χ3v) is 7.65. The van der Waals surface area contributed by atoms with Gasteiger partial charge >= 0.3 is 0 Å². The van der Waals surface area contributed by atoms with Crippen LogP contribution in [0.15, 0.2) is 49.7 Å². The molecule has 4 rings (SSSR count). The maximum Gasteiger partial charge on any atom is 0.276 e. The molecule has 0 saturated carbocycles. The quantitative estimate of drug-likeness (QED) is 0.603. The van der Waals surface area contributed by atoms with Gasteiger partial charge in [0.1, 0.15) is 0 Å². The molecule has 0 N–H and O–H groups in total. The van der Waals surface area contributed by atoms with Crippen LogP contribution in [-0.2, 0) is 16.4 Å². The topological polar surface area (TPSA) is 76.6 Å². The minimum Gasteiger partial charge on any atom is -0.440 e. The average Bonchev–Trinajstić information content (AvgIpc) is 3.41. The zero-order chi connectivity index (χ0) is 18.9. The van der Waals surface area contributed by atoms with Crippen molar-refractivity contribution in [3.05, 3.63) is 46.3 Å². The van der Waals surface area contributed by atoms with E-state index in [0.29, 0.717) is 18.1 Å². The van der Waals surface area contributed by atoms with Crippen LogP contribution in [0.5, 0.6) is 0 Å². The van der Waals surface area contributed by atoms with Gasteiger partial charge in [0.05, 0.1) is 5.69 Å². The SMILES string of the molecule is Cc1cc(-c2ccc(S(=O)(=O)N3CCCCC3CCc3cccs3)o2)on1. The molecule has 144 valence electrons. The Morgan fingerprint density at radius 2 is 2.15 bits per heavy atom. The summed E-state index contributed by atoms with van der Waals surface area (Å²) in [6.45, 7) is 2.34. The van der Waals surface area contributed by atoms with Gasteiger partial charge in [-0.2, -0.15) is 4.31 Å². The summed E-state index contributed by atoms with van der Waals surface area (Å²) >= 11 is 1.72. The zero-order valence-electron chi connectivity index (χ0n) is 15.1. The van der Waals surface area contributed by atoms with Crippen molar-refractivity contribution in [2.75, 3.05) is 6.54 Å². The smallest absolute Gasteiger partial charge is 0.276 e. The molecular weight excluding hydrogens is 384 g/mol. The number of sulfonamides is 1. The maximum absolute atomic E-state index is 13.2. The Bertz CT molecular complexity index is 989. The second-order valence-electron chi connectivity index (χ2n) is 6.83. The molecule has 0 aromatic carbocycles. The molecule has 1 atom stereocenters. The first kappa shape index (κ1) is 18.5. The lowest BCUT2D eigenvalue weighted by molar-refractivity contribution is 0.236. The Hall–Kier alpha value is -1.90. The maximum atomic E-state index is 13.2. The fraction of sp³-hybridized carbons (Fsp3) is 0.421. The monoisotopic (exact) mass is 406 g/mol. The van der Waals surface area contributed by atoms with Gasteiger partial charge in [0.25, 0.3) is 10.0 Å². The summed E-state index contributed by atoms with van der Waals surface area (Å²) in [5.74, 6) is 0.808. The third-order valence-electron chi connectivity index (χ3n) is 4.89. The molecule has 1 aliphatic heterocycles. The zero-order valence-corrected chi connectivity index (χ0v) is 16.8. The van der Waals surface area contributed by atoms with Crippen LogP contribution in [0.1, 0.15) is 36.3 Å². The largest absolute Gasteiger partial charge is 0.440 e. The Morgan fingerprint density at radius 1 is 1.26 bits per heavy atom. The van der Waals surface area contributed by atoms with E-state index in [1.165, 1.54) is 10.9 Å². The lowest BCUT2D eigenvalue weighted by Gasteiger charge is -2.34. The average molecular weight is 407 g/mol. The van der Waals surface area contributed by atoms with Gasteiger partial charge in [0.2, 0.25) is 10.9 Å². The van der Waals surface area contributed by atoms with E-state index < -0.39 is 10.0 Å². The van der Waals surface area contributed by atoms with Crippen molar-refractivity contribution in [3.63, 3.8) is 0 Å². The molecule has 0 amide bonds. The highest BCUT2D eigenvalue weighted by molar-refractivity contribution is 7.89. The van der Waals surface area contributed by atoms with Crippen LogP contribution in [0.2, 0.25) is 0 Å². The molecule has 1 fully saturated rings. The molecule has 1 aliphatic rings. The van der Waals surface area contributed by atoms with Gasteiger partial charge in [0, 0.05) is 23.5 Å². The van der Waals surface area contributed by atoms with Gasteiger partial charge in [-0.05, 0) is 56.2 Å². The van der Waals surface area contributed by atoms with Gasteiger partial charge in [0.15, 0.2) is 5.76 Å². The van der Waals surface area contributed by atoms with Gasteiger partial charge < -0.3 is 8.94 Å². The fourth-order valence-electron chi connectivity index (χ4n) is 3.53. The van der Waals surface area contributed by atoms with Crippen LogP contribution in [-0.4, -0.2) is 30.5 Å². The van der Waals surface area contributed by atoms with Crippen molar-refractivity contribution in [1.82, 2.24) is 9.46 Å². The van der Waals surface area contributed by atoms with E-state index in [4.69, 9.17) is 8.94 Å². The molecular formula is C19H22N2O4S2. The number of rotatable bonds is 6. The molecule has 0 bridgehead atoms. The predicted octanol–water partition coefficient (Wildman–Crippen LogP) is 4.48. The number of aryl methyl sites for hydroxylation is 2. The summed E-state index contributed by atoms with van der Waals surface area (Å²) in [4.78, 5) is 1.29. The highest BCUT2D eigenvalue weighted by atomic mass is 32.2. The van der Waals surface area contributed by atoms with E-state index in [9.17, 15) is 8.42 Å². The van der Waals surface area contributed by atoms with Crippen molar-refractivity contribution < 1.29 is 17.4 Å². The summed E-state index contributed by atoms with van der Waals surface area (Å²) in [5, 5.41) is 5.84. The molecule has 8 heteroatoms. The Balaban J connectivity index is 1.54. The van der Waals surface area contributed by atoms with Crippen LogP contribution in [0, 0.1) is 6.92 Å². The van der Waals surface area contributed by atoms with Crippen LogP contribution in [0.4, 0.5) is 0 Å². The molecule has 0 radical (unpaired) electrons. The number of aromatic nitrogens is 1. The van der Waals surface area contributed by atoms with E-state index >= 15 is 0 Å². The molecule has 1 saturated heterocycles. The van der Waals surface area contributed by atoms with Crippen molar-refractivity contribution in [3.8, 4) is 11.5 Å². The molecule has 0 spiro atoms. The first-order valence-electron chi connectivity index (χ1n) is 9.12. The van der Waals surface area contributed by atoms with Crippen molar-refractivity contribution in [2.24, 2.45) is 0 Å². The Morgan fingerprint density at radius 3 is 2.89 bits per heavy atom. The number of nitrogens with zero attached hydrogens (tertiary/aromatic N) is 2. The van der Waals surface area contributed by atoms with Gasteiger partial charge in [-0.1, -0.05) is 17.6 Å². The van der Waals surface area contributed by atoms with E-state index in [1.807, 2.05) is 6.07 Å². The molecule has 3 aromatic heterocycles. The third kappa shape index (κ3) is 3.88. The van der Waals surface area contributed by atoms with E-state index in [1.54, 1.807) is 34.7 Å². The minimum absolute atomic E-state index is 0.00641. The Labute approximate surface area is 162 Å².